The summed E-state index contributed by atoms with van der Waals surface area (Å²) in [6.07, 6.45) is 0.440. The first-order valence-corrected chi connectivity index (χ1v) is 7.70. The summed E-state index contributed by atoms with van der Waals surface area (Å²) in [6, 6.07) is 8.12. The van der Waals surface area contributed by atoms with Crippen molar-refractivity contribution in [3.8, 4) is 0 Å². The number of piperidine rings is 1. The normalized spacial score (nSPS) is 23.4. The topological polar surface area (TPSA) is 40.5 Å². The predicted octanol–water partition coefficient (Wildman–Crippen LogP) is 2.32. The summed E-state index contributed by atoms with van der Waals surface area (Å²) in [5, 5.41) is 9.68. The van der Waals surface area contributed by atoms with Crippen LogP contribution in [0.25, 0.3) is 0 Å². The van der Waals surface area contributed by atoms with Gasteiger partial charge in [-0.2, -0.15) is 0 Å². The molecule has 0 saturated carbocycles. The van der Waals surface area contributed by atoms with Crippen molar-refractivity contribution in [1.82, 2.24) is 4.90 Å². The number of hydrogen-bond donors (Lipinski definition) is 1. The first kappa shape index (κ1) is 14.4. The monoisotopic (exact) mass is 279 g/mol. The average Bonchev–Trinajstić information content (AvgIpc) is 2.40. The van der Waals surface area contributed by atoms with Gasteiger partial charge in [-0.1, -0.05) is 25.1 Å². The number of hydrogen-bond acceptors (Lipinski definition) is 3. The minimum atomic E-state index is -0.256. The Kier molecular flexibility index (Phi) is 4.88. The van der Waals surface area contributed by atoms with Crippen LogP contribution < -0.4 is 0 Å². The largest absolute Gasteiger partial charge is 0.393 e. The lowest BCUT2D eigenvalue weighted by Crippen LogP contribution is -2.45. The molecule has 0 aromatic heterocycles. The SMILES string of the molecule is Cc1ccccc1SCC(=O)N1CCC(O)C(C)C1. The summed E-state index contributed by atoms with van der Waals surface area (Å²) in [6.45, 7) is 5.41. The Morgan fingerprint density at radius 3 is 2.89 bits per heavy atom. The van der Waals surface area contributed by atoms with Crippen molar-refractivity contribution in [2.75, 3.05) is 18.8 Å². The first-order valence-electron chi connectivity index (χ1n) is 6.72. The second kappa shape index (κ2) is 6.44. The summed E-state index contributed by atoms with van der Waals surface area (Å²) >= 11 is 1.60. The van der Waals surface area contributed by atoms with Gasteiger partial charge in [-0.05, 0) is 30.9 Å². The zero-order valence-corrected chi connectivity index (χ0v) is 12.3. The highest BCUT2D eigenvalue weighted by molar-refractivity contribution is 8.00. The molecule has 1 aromatic carbocycles. The van der Waals surface area contributed by atoms with Gasteiger partial charge in [0.05, 0.1) is 11.9 Å². The number of aryl methyl sites for hydroxylation is 1. The number of nitrogens with zero attached hydrogens (tertiary/aromatic N) is 1. The third-order valence-electron chi connectivity index (χ3n) is 3.66. The molecule has 3 nitrogen and oxygen atoms in total. The van der Waals surface area contributed by atoms with Crippen LogP contribution in [0.3, 0.4) is 0 Å². The van der Waals surface area contributed by atoms with Gasteiger partial charge in [-0.25, -0.2) is 0 Å². The minimum absolute atomic E-state index is 0.173. The van der Waals surface area contributed by atoms with E-state index in [4.69, 9.17) is 0 Å². The van der Waals surface area contributed by atoms with Crippen molar-refractivity contribution >= 4 is 17.7 Å². The van der Waals surface area contributed by atoms with E-state index < -0.39 is 0 Å². The van der Waals surface area contributed by atoms with Crippen LogP contribution in [0, 0.1) is 12.8 Å². The van der Waals surface area contributed by atoms with E-state index in [2.05, 4.69) is 19.1 Å². The fraction of sp³-hybridized carbons (Fsp3) is 0.533. The Morgan fingerprint density at radius 1 is 1.47 bits per heavy atom. The van der Waals surface area contributed by atoms with Crippen molar-refractivity contribution in [1.29, 1.82) is 0 Å². The zero-order valence-electron chi connectivity index (χ0n) is 11.5. The van der Waals surface area contributed by atoms with Gasteiger partial charge < -0.3 is 10.0 Å². The van der Waals surface area contributed by atoms with E-state index in [-0.39, 0.29) is 17.9 Å². The molecule has 0 bridgehead atoms. The van der Waals surface area contributed by atoms with Crippen molar-refractivity contribution in [2.24, 2.45) is 5.92 Å². The Bertz CT molecular complexity index is 450. The molecule has 2 rings (SSSR count). The maximum Gasteiger partial charge on any atom is 0.232 e. The molecule has 1 aromatic rings. The summed E-state index contributed by atoms with van der Waals surface area (Å²) in [5.74, 6) is 0.835. The van der Waals surface area contributed by atoms with Gasteiger partial charge in [0.1, 0.15) is 0 Å². The van der Waals surface area contributed by atoms with E-state index in [1.807, 2.05) is 24.0 Å². The highest BCUT2D eigenvalue weighted by atomic mass is 32.2. The van der Waals surface area contributed by atoms with Gasteiger partial charge in [0.2, 0.25) is 5.91 Å². The minimum Gasteiger partial charge on any atom is -0.393 e. The maximum absolute atomic E-state index is 12.2. The van der Waals surface area contributed by atoms with Crippen molar-refractivity contribution in [3.63, 3.8) is 0 Å². The number of aliphatic hydroxyl groups is 1. The number of aliphatic hydroxyl groups excluding tert-OH is 1. The van der Waals surface area contributed by atoms with Crippen LogP contribution in [-0.2, 0) is 4.79 Å². The predicted molar refractivity (Wildman–Crippen MR) is 78.3 cm³/mol. The summed E-state index contributed by atoms with van der Waals surface area (Å²) in [5.41, 5.74) is 1.21. The second-order valence-corrected chi connectivity index (χ2v) is 6.24. The third kappa shape index (κ3) is 3.74. The summed E-state index contributed by atoms with van der Waals surface area (Å²) in [4.78, 5) is 15.2. The quantitative estimate of drug-likeness (QED) is 0.863. The molecule has 1 amide bonds. The second-order valence-electron chi connectivity index (χ2n) is 5.23. The molecule has 1 fully saturated rings. The van der Waals surface area contributed by atoms with Crippen LogP contribution in [0.4, 0.5) is 0 Å². The Balaban J connectivity index is 1.87. The van der Waals surface area contributed by atoms with Crippen LogP contribution in [0.5, 0.6) is 0 Å². The Labute approximate surface area is 119 Å². The molecule has 1 aliphatic heterocycles. The lowest BCUT2D eigenvalue weighted by Gasteiger charge is -2.34. The molecule has 2 atom stereocenters. The van der Waals surface area contributed by atoms with Crippen LogP contribution in [-0.4, -0.2) is 40.9 Å². The van der Waals surface area contributed by atoms with Crippen LogP contribution >= 0.6 is 11.8 Å². The van der Waals surface area contributed by atoms with Crippen molar-refractivity contribution in [2.45, 2.75) is 31.3 Å². The number of carbonyl (C=O) groups excluding carboxylic acids is 1. The van der Waals surface area contributed by atoms with Crippen LogP contribution in [0.2, 0.25) is 0 Å². The summed E-state index contributed by atoms with van der Waals surface area (Å²) in [7, 11) is 0. The molecule has 1 aliphatic rings. The lowest BCUT2D eigenvalue weighted by molar-refractivity contribution is -0.131. The van der Waals surface area contributed by atoms with Gasteiger partial charge >= 0.3 is 0 Å². The first-order chi connectivity index (χ1) is 9.08. The highest BCUT2D eigenvalue weighted by Gasteiger charge is 2.26. The van der Waals surface area contributed by atoms with Gasteiger partial charge in [0.15, 0.2) is 0 Å². The molecule has 2 unspecified atom stereocenters. The molecule has 4 heteroatoms. The smallest absolute Gasteiger partial charge is 0.232 e. The molecule has 0 spiro atoms. The van der Waals surface area contributed by atoms with E-state index in [0.717, 1.165) is 0 Å². The van der Waals surface area contributed by atoms with Crippen LogP contribution in [0.15, 0.2) is 29.2 Å². The molecular weight excluding hydrogens is 258 g/mol. The molecule has 104 valence electrons. The number of rotatable bonds is 3. The van der Waals surface area contributed by atoms with Gasteiger partial charge in [-0.15, -0.1) is 11.8 Å². The van der Waals surface area contributed by atoms with E-state index in [1.165, 1.54) is 10.5 Å². The standard InChI is InChI=1S/C15H21NO2S/c1-11-5-3-4-6-14(11)19-10-15(18)16-8-7-13(17)12(2)9-16/h3-6,12-13,17H,7-10H2,1-2H3. The van der Waals surface area contributed by atoms with E-state index in [0.29, 0.717) is 25.3 Å². The number of thioether (sulfide) groups is 1. The molecule has 19 heavy (non-hydrogen) atoms. The van der Waals surface area contributed by atoms with Gasteiger partial charge in [0.25, 0.3) is 0 Å². The molecule has 1 heterocycles. The fourth-order valence-corrected chi connectivity index (χ4v) is 3.24. The number of amides is 1. The van der Waals surface area contributed by atoms with Crippen LogP contribution in [0.1, 0.15) is 18.9 Å². The Hall–Kier alpha value is -1.00. The Morgan fingerprint density at radius 2 is 2.21 bits per heavy atom. The van der Waals surface area contributed by atoms with Gasteiger partial charge in [0, 0.05) is 18.0 Å². The molecule has 1 saturated heterocycles. The van der Waals surface area contributed by atoms with E-state index >= 15 is 0 Å². The van der Waals surface area contributed by atoms with Gasteiger partial charge in [-0.3, -0.25) is 4.79 Å². The average molecular weight is 279 g/mol. The number of carbonyl (C=O) groups is 1. The fourth-order valence-electron chi connectivity index (χ4n) is 2.31. The number of likely N-dealkylation sites (tertiary alicyclic amines) is 1. The van der Waals surface area contributed by atoms with E-state index in [9.17, 15) is 9.90 Å². The maximum atomic E-state index is 12.2. The molecular formula is C15H21NO2S. The molecule has 0 aliphatic carbocycles. The van der Waals surface area contributed by atoms with Crippen molar-refractivity contribution in [3.05, 3.63) is 29.8 Å². The lowest BCUT2D eigenvalue weighted by atomic mass is 9.97. The number of benzene rings is 1. The van der Waals surface area contributed by atoms with E-state index in [1.54, 1.807) is 11.8 Å². The van der Waals surface area contributed by atoms with Crippen molar-refractivity contribution < 1.29 is 9.90 Å². The zero-order chi connectivity index (χ0) is 13.8. The highest BCUT2D eigenvalue weighted by Crippen LogP contribution is 2.23. The molecule has 0 radical (unpaired) electrons. The molecule has 1 N–H and O–H groups in total. The third-order valence-corrected chi connectivity index (χ3v) is 4.82. The summed E-state index contributed by atoms with van der Waals surface area (Å²) < 4.78 is 0.